The summed E-state index contributed by atoms with van der Waals surface area (Å²) in [7, 11) is 1.41. The Morgan fingerprint density at radius 2 is 1.77 bits per heavy atom. The van der Waals surface area contributed by atoms with Crippen LogP contribution in [0.5, 0.6) is 5.75 Å². The zero-order valence-corrected chi connectivity index (χ0v) is 16.0. The molecule has 0 aliphatic rings. The number of H-pyrrole nitrogens is 1. The van der Waals surface area contributed by atoms with E-state index in [1.807, 2.05) is 0 Å². The molecule has 1 amide bonds. The number of nitrogens with one attached hydrogen (secondary N) is 2. The van der Waals surface area contributed by atoms with E-state index < -0.39 is 28.9 Å². The molecule has 2 heterocycles. The van der Waals surface area contributed by atoms with Gasteiger partial charge in [0.1, 0.15) is 17.0 Å². The standard InChI is InChI=1S/C21H15F3N4O3/c1-31-15-10-6-5-9-14(15)26-19(29)13-11-25-18-16(12-7-3-2-4-8-12)17(21(22,23)24)27-28(18)20(13)30/h2-11,25H,1H3,(H,26,29). The van der Waals surface area contributed by atoms with Crippen molar-refractivity contribution in [2.24, 2.45) is 0 Å². The van der Waals surface area contributed by atoms with Gasteiger partial charge in [-0.15, -0.1) is 0 Å². The number of anilines is 1. The number of ether oxygens (including phenoxy) is 1. The molecule has 2 aromatic heterocycles. The number of para-hydroxylation sites is 2. The highest BCUT2D eigenvalue weighted by Crippen LogP contribution is 2.37. The van der Waals surface area contributed by atoms with Crippen LogP contribution in [-0.4, -0.2) is 27.6 Å². The first-order valence-electron chi connectivity index (χ1n) is 9.02. The Kier molecular flexibility index (Phi) is 4.97. The number of methoxy groups -OCH3 is 1. The van der Waals surface area contributed by atoms with Crippen molar-refractivity contribution in [3.8, 4) is 16.9 Å². The number of hydrogen-bond acceptors (Lipinski definition) is 4. The summed E-state index contributed by atoms with van der Waals surface area (Å²) >= 11 is 0. The van der Waals surface area contributed by atoms with Crippen LogP contribution in [0.15, 0.2) is 65.6 Å². The van der Waals surface area contributed by atoms with Crippen molar-refractivity contribution < 1.29 is 22.7 Å². The minimum absolute atomic E-state index is 0.169. The van der Waals surface area contributed by atoms with Crippen molar-refractivity contribution in [3.63, 3.8) is 0 Å². The Hall–Kier alpha value is -4.08. The van der Waals surface area contributed by atoms with Gasteiger partial charge in [0.05, 0.1) is 18.4 Å². The predicted octanol–water partition coefficient (Wildman–Crippen LogP) is 3.97. The van der Waals surface area contributed by atoms with E-state index in [0.717, 1.165) is 6.20 Å². The van der Waals surface area contributed by atoms with Crippen molar-refractivity contribution in [3.05, 3.63) is 82.4 Å². The minimum Gasteiger partial charge on any atom is -0.495 e. The Morgan fingerprint density at radius 1 is 1.10 bits per heavy atom. The van der Waals surface area contributed by atoms with Crippen LogP contribution in [0.1, 0.15) is 16.1 Å². The van der Waals surface area contributed by atoms with Crippen LogP contribution in [0.25, 0.3) is 16.8 Å². The number of hydrogen-bond donors (Lipinski definition) is 2. The molecule has 158 valence electrons. The number of halogens is 3. The molecule has 7 nitrogen and oxygen atoms in total. The molecule has 0 spiro atoms. The van der Waals surface area contributed by atoms with E-state index in [4.69, 9.17) is 4.74 Å². The maximum Gasteiger partial charge on any atom is 0.435 e. The number of aromatic nitrogens is 3. The molecule has 4 rings (SSSR count). The molecule has 0 saturated carbocycles. The molecule has 10 heteroatoms. The number of amides is 1. The lowest BCUT2D eigenvalue weighted by Gasteiger charge is -2.09. The topological polar surface area (TPSA) is 88.5 Å². The Labute approximate surface area is 173 Å². The van der Waals surface area contributed by atoms with E-state index in [9.17, 15) is 22.8 Å². The number of aromatic amines is 1. The summed E-state index contributed by atoms with van der Waals surface area (Å²) in [5.41, 5.74) is -2.54. The lowest BCUT2D eigenvalue weighted by Crippen LogP contribution is -2.27. The highest BCUT2D eigenvalue weighted by atomic mass is 19.4. The lowest BCUT2D eigenvalue weighted by molar-refractivity contribution is -0.140. The van der Waals surface area contributed by atoms with Gasteiger partial charge >= 0.3 is 6.18 Å². The van der Waals surface area contributed by atoms with E-state index in [1.54, 1.807) is 42.5 Å². The molecular formula is C21H15F3N4O3. The molecule has 0 atom stereocenters. The third kappa shape index (κ3) is 3.63. The second-order valence-electron chi connectivity index (χ2n) is 6.51. The molecule has 0 aliphatic carbocycles. The van der Waals surface area contributed by atoms with Gasteiger partial charge in [-0.3, -0.25) is 9.59 Å². The fourth-order valence-electron chi connectivity index (χ4n) is 3.19. The molecule has 0 saturated heterocycles. The van der Waals surface area contributed by atoms with E-state index in [0.29, 0.717) is 16.0 Å². The summed E-state index contributed by atoms with van der Waals surface area (Å²) in [6.07, 6.45) is -3.74. The van der Waals surface area contributed by atoms with Crippen LogP contribution in [0, 0.1) is 0 Å². The van der Waals surface area contributed by atoms with Crippen molar-refractivity contribution in [2.75, 3.05) is 12.4 Å². The molecular weight excluding hydrogens is 413 g/mol. The van der Waals surface area contributed by atoms with E-state index >= 15 is 0 Å². The molecule has 2 aromatic carbocycles. The number of carbonyl (C=O) groups is 1. The molecule has 0 radical (unpaired) electrons. The number of benzene rings is 2. The summed E-state index contributed by atoms with van der Waals surface area (Å²) in [4.78, 5) is 28.1. The highest BCUT2D eigenvalue weighted by molar-refractivity contribution is 6.04. The third-order valence-electron chi connectivity index (χ3n) is 4.59. The van der Waals surface area contributed by atoms with Gasteiger partial charge in [-0.2, -0.15) is 22.8 Å². The Morgan fingerprint density at radius 3 is 2.45 bits per heavy atom. The summed E-state index contributed by atoms with van der Waals surface area (Å²) < 4.78 is 46.6. The SMILES string of the molecule is COc1ccccc1NC(=O)c1c[nH]c2c(-c3ccccc3)c(C(F)(F)F)nn2c1=O. The molecule has 31 heavy (non-hydrogen) atoms. The van der Waals surface area contributed by atoms with Gasteiger partial charge in [0, 0.05) is 6.20 Å². The fourth-order valence-corrected chi connectivity index (χ4v) is 3.19. The van der Waals surface area contributed by atoms with Gasteiger partial charge in [0.15, 0.2) is 5.69 Å². The highest BCUT2D eigenvalue weighted by Gasteiger charge is 2.39. The van der Waals surface area contributed by atoms with Crippen LogP contribution in [-0.2, 0) is 6.18 Å². The minimum atomic E-state index is -4.81. The van der Waals surface area contributed by atoms with Crippen LogP contribution in [0.3, 0.4) is 0 Å². The van der Waals surface area contributed by atoms with Gasteiger partial charge in [0.2, 0.25) is 0 Å². The molecule has 0 unspecified atom stereocenters. The number of alkyl halides is 3. The maximum atomic E-state index is 13.6. The quantitative estimate of drug-likeness (QED) is 0.515. The molecule has 2 N–H and O–H groups in total. The average Bonchev–Trinajstić information content (AvgIpc) is 3.16. The first kappa shape index (κ1) is 20.2. The fraction of sp³-hybridized carbons (Fsp3) is 0.0952. The smallest absolute Gasteiger partial charge is 0.435 e. The zero-order valence-electron chi connectivity index (χ0n) is 16.0. The van der Waals surface area contributed by atoms with Gasteiger partial charge in [-0.25, -0.2) is 0 Å². The van der Waals surface area contributed by atoms with E-state index in [-0.39, 0.29) is 16.8 Å². The summed E-state index contributed by atoms with van der Waals surface area (Å²) in [6, 6.07) is 14.3. The predicted molar refractivity (Wildman–Crippen MR) is 107 cm³/mol. The largest absolute Gasteiger partial charge is 0.495 e. The lowest BCUT2D eigenvalue weighted by atomic mass is 10.1. The molecule has 4 aromatic rings. The Bertz CT molecular complexity index is 1330. The van der Waals surface area contributed by atoms with Crippen LogP contribution in [0.4, 0.5) is 18.9 Å². The summed E-state index contributed by atoms with van der Waals surface area (Å²) in [5.74, 6) is -0.462. The average molecular weight is 428 g/mol. The van der Waals surface area contributed by atoms with Crippen molar-refractivity contribution >= 4 is 17.2 Å². The number of rotatable bonds is 4. The second kappa shape index (κ2) is 7.63. The second-order valence-corrected chi connectivity index (χ2v) is 6.51. The van der Waals surface area contributed by atoms with E-state index in [1.165, 1.54) is 19.2 Å². The molecule has 0 bridgehead atoms. The van der Waals surface area contributed by atoms with Gasteiger partial charge in [0.25, 0.3) is 11.5 Å². The number of carbonyl (C=O) groups excluding carboxylic acids is 1. The number of nitrogens with zero attached hydrogens (tertiary/aromatic N) is 2. The normalized spacial score (nSPS) is 11.5. The zero-order chi connectivity index (χ0) is 22.2. The van der Waals surface area contributed by atoms with Crippen molar-refractivity contribution in [1.29, 1.82) is 0 Å². The van der Waals surface area contributed by atoms with Gasteiger partial charge < -0.3 is 15.0 Å². The van der Waals surface area contributed by atoms with Crippen LogP contribution < -0.4 is 15.6 Å². The first-order valence-corrected chi connectivity index (χ1v) is 9.02. The van der Waals surface area contributed by atoms with Crippen molar-refractivity contribution in [2.45, 2.75) is 6.18 Å². The number of fused-ring (bicyclic) bond motifs is 1. The van der Waals surface area contributed by atoms with Gasteiger partial charge in [-0.1, -0.05) is 42.5 Å². The summed E-state index contributed by atoms with van der Waals surface area (Å²) in [5, 5.41) is 6.01. The van der Waals surface area contributed by atoms with Crippen LogP contribution >= 0.6 is 0 Å². The first-order chi connectivity index (χ1) is 14.8. The Balaban J connectivity index is 1.85. The van der Waals surface area contributed by atoms with Crippen LogP contribution in [0.2, 0.25) is 0 Å². The van der Waals surface area contributed by atoms with Gasteiger partial charge in [-0.05, 0) is 17.7 Å². The summed E-state index contributed by atoms with van der Waals surface area (Å²) in [6.45, 7) is 0. The monoisotopic (exact) mass is 428 g/mol. The van der Waals surface area contributed by atoms with Crippen molar-refractivity contribution in [1.82, 2.24) is 14.6 Å². The third-order valence-corrected chi connectivity index (χ3v) is 4.59. The maximum absolute atomic E-state index is 13.6. The van der Waals surface area contributed by atoms with E-state index in [2.05, 4.69) is 15.4 Å². The molecule has 0 aliphatic heterocycles. The molecule has 0 fully saturated rings.